The third-order valence-corrected chi connectivity index (χ3v) is 7.22. The van der Waals surface area contributed by atoms with Gasteiger partial charge in [0.2, 0.25) is 0 Å². The second-order valence-corrected chi connectivity index (χ2v) is 9.42. The van der Waals surface area contributed by atoms with Gasteiger partial charge in [-0.15, -0.1) is 0 Å². The number of aliphatic hydroxyl groups excluding tert-OH is 1. The zero-order valence-corrected chi connectivity index (χ0v) is 20.6. The van der Waals surface area contributed by atoms with Crippen LogP contribution in [0.25, 0.3) is 0 Å². The molecule has 8 nitrogen and oxygen atoms in total. The number of aliphatic hydroxyl groups is 1. The smallest absolute Gasteiger partial charge is 0.338 e. The van der Waals surface area contributed by atoms with Crippen molar-refractivity contribution in [3.05, 3.63) is 108 Å². The largest absolute Gasteiger partial charge is 0.462 e. The first-order valence-electron chi connectivity index (χ1n) is 12.5. The highest BCUT2D eigenvalue weighted by atomic mass is 16.7. The molecule has 1 heterocycles. The Balaban J connectivity index is 1.30. The van der Waals surface area contributed by atoms with Crippen LogP contribution in [0.5, 0.6) is 0 Å². The van der Waals surface area contributed by atoms with Gasteiger partial charge in [-0.3, -0.25) is 0 Å². The summed E-state index contributed by atoms with van der Waals surface area (Å²) in [6.45, 7) is -0.326. The Morgan fingerprint density at radius 2 is 1.24 bits per heavy atom. The normalized spacial score (nSPS) is 25.2. The van der Waals surface area contributed by atoms with Crippen LogP contribution < -0.4 is 0 Å². The number of fused-ring (bicyclic) bond motifs is 1. The fourth-order valence-electron chi connectivity index (χ4n) is 5.24. The van der Waals surface area contributed by atoms with Crippen LogP contribution in [0.1, 0.15) is 37.5 Å². The second kappa shape index (κ2) is 11.2. The van der Waals surface area contributed by atoms with E-state index in [9.17, 15) is 19.5 Å². The molecule has 0 radical (unpaired) electrons. The molecule has 8 heteroatoms. The zero-order chi connectivity index (χ0) is 26.5. The molecule has 1 saturated carbocycles. The lowest BCUT2D eigenvalue weighted by atomic mass is 9.86. The van der Waals surface area contributed by atoms with E-state index in [4.69, 9.17) is 18.9 Å². The molecule has 0 aromatic heterocycles. The SMILES string of the molecule is O=C(OCC[C@H]1[C@H](OC(=O)c2ccccc2)[C@@H]2O[C@]2(COC(=O)c2ccccc2)[C@H]1CO)c1ccccc1. The highest BCUT2D eigenvalue weighted by Crippen LogP contribution is 2.58. The lowest BCUT2D eigenvalue weighted by Crippen LogP contribution is -2.37. The molecule has 2 fully saturated rings. The molecule has 1 N–H and O–H groups in total. The summed E-state index contributed by atoms with van der Waals surface area (Å²) >= 11 is 0. The monoisotopic (exact) mass is 516 g/mol. The highest BCUT2D eigenvalue weighted by molar-refractivity contribution is 5.90. The zero-order valence-electron chi connectivity index (χ0n) is 20.6. The Bertz CT molecular complexity index is 1260. The van der Waals surface area contributed by atoms with Crippen LogP contribution in [-0.2, 0) is 18.9 Å². The molecule has 1 aliphatic carbocycles. The first-order valence-corrected chi connectivity index (χ1v) is 12.5. The molecule has 1 aliphatic heterocycles. The third-order valence-electron chi connectivity index (χ3n) is 7.22. The van der Waals surface area contributed by atoms with Gasteiger partial charge in [0, 0.05) is 18.4 Å². The summed E-state index contributed by atoms with van der Waals surface area (Å²) in [5.41, 5.74) is 0.224. The topological polar surface area (TPSA) is 112 Å². The van der Waals surface area contributed by atoms with Crippen molar-refractivity contribution in [2.75, 3.05) is 19.8 Å². The Kier molecular flexibility index (Phi) is 7.53. The van der Waals surface area contributed by atoms with Crippen molar-refractivity contribution in [3.63, 3.8) is 0 Å². The van der Waals surface area contributed by atoms with Crippen LogP contribution in [0.4, 0.5) is 0 Å². The van der Waals surface area contributed by atoms with E-state index in [1.54, 1.807) is 84.9 Å². The molecule has 0 unspecified atom stereocenters. The number of epoxide rings is 1. The van der Waals surface area contributed by atoms with Crippen LogP contribution >= 0.6 is 0 Å². The van der Waals surface area contributed by atoms with E-state index in [-0.39, 0.29) is 25.7 Å². The summed E-state index contributed by atoms with van der Waals surface area (Å²) in [5, 5.41) is 10.4. The number of esters is 3. The van der Waals surface area contributed by atoms with E-state index in [1.165, 1.54) is 0 Å². The molecule has 0 bridgehead atoms. The number of hydrogen-bond acceptors (Lipinski definition) is 8. The highest BCUT2D eigenvalue weighted by Gasteiger charge is 2.75. The molecule has 5 rings (SSSR count). The number of hydrogen-bond donors (Lipinski definition) is 1. The van der Waals surface area contributed by atoms with Crippen LogP contribution in [0.15, 0.2) is 91.0 Å². The Hall–Kier alpha value is -4.01. The van der Waals surface area contributed by atoms with Gasteiger partial charge in [-0.05, 0) is 42.8 Å². The molecule has 5 atom stereocenters. The molecule has 0 spiro atoms. The third kappa shape index (κ3) is 5.18. The van der Waals surface area contributed by atoms with Gasteiger partial charge < -0.3 is 24.1 Å². The predicted molar refractivity (Wildman–Crippen MR) is 135 cm³/mol. The van der Waals surface area contributed by atoms with Gasteiger partial charge in [0.25, 0.3) is 0 Å². The minimum absolute atomic E-state index is 0.0564. The number of carbonyl (C=O) groups excluding carboxylic acids is 3. The summed E-state index contributed by atoms with van der Waals surface area (Å²) in [6.07, 6.45) is -0.957. The summed E-state index contributed by atoms with van der Waals surface area (Å²) < 4.78 is 22.9. The summed E-state index contributed by atoms with van der Waals surface area (Å²) in [4.78, 5) is 37.9. The van der Waals surface area contributed by atoms with E-state index < -0.39 is 41.6 Å². The van der Waals surface area contributed by atoms with E-state index in [1.807, 2.05) is 6.07 Å². The van der Waals surface area contributed by atoms with Crippen molar-refractivity contribution in [2.45, 2.75) is 24.2 Å². The lowest BCUT2D eigenvalue weighted by Gasteiger charge is -2.29. The van der Waals surface area contributed by atoms with Gasteiger partial charge in [0.05, 0.1) is 23.3 Å². The summed E-state index contributed by atoms with van der Waals surface area (Å²) in [7, 11) is 0. The molecule has 2 aliphatic rings. The standard InChI is InChI=1S/C30H28O8/c31-18-24-23(16-17-35-27(32)20-10-4-1-5-11-20)25(37-29(34)22-14-8-3-9-15-22)26-30(24,38-26)19-36-28(33)21-12-6-2-7-13-21/h1-15,23-26,31H,16-19H2/t23-,24+,25+,26+,30-/m1/s1. The fourth-order valence-corrected chi connectivity index (χ4v) is 5.24. The molecule has 1 saturated heterocycles. The van der Waals surface area contributed by atoms with Gasteiger partial charge in [0.15, 0.2) is 0 Å². The molecule has 3 aromatic rings. The quantitative estimate of drug-likeness (QED) is 0.247. The van der Waals surface area contributed by atoms with E-state index in [2.05, 4.69) is 0 Å². The fraction of sp³-hybridized carbons (Fsp3) is 0.300. The molecule has 3 aromatic carbocycles. The Labute approximate surface area is 220 Å². The maximum Gasteiger partial charge on any atom is 0.338 e. The minimum atomic E-state index is -0.991. The molecular weight excluding hydrogens is 488 g/mol. The van der Waals surface area contributed by atoms with E-state index >= 15 is 0 Å². The van der Waals surface area contributed by atoms with Crippen molar-refractivity contribution < 1.29 is 38.4 Å². The van der Waals surface area contributed by atoms with Crippen molar-refractivity contribution >= 4 is 17.9 Å². The van der Waals surface area contributed by atoms with Crippen molar-refractivity contribution in [1.29, 1.82) is 0 Å². The van der Waals surface area contributed by atoms with Crippen LogP contribution in [0.3, 0.4) is 0 Å². The van der Waals surface area contributed by atoms with Crippen LogP contribution in [-0.4, -0.2) is 60.6 Å². The van der Waals surface area contributed by atoms with Gasteiger partial charge in [-0.2, -0.15) is 0 Å². The molecule has 0 amide bonds. The van der Waals surface area contributed by atoms with Crippen LogP contribution in [0.2, 0.25) is 0 Å². The number of carbonyl (C=O) groups is 3. The predicted octanol–water partition coefficient (Wildman–Crippen LogP) is 3.69. The van der Waals surface area contributed by atoms with Gasteiger partial charge in [-0.1, -0.05) is 54.6 Å². The van der Waals surface area contributed by atoms with E-state index in [0.29, 0.717) is 23.1 Å². The summed E-state index contributed by atoms with van der Waals surface area (Å²) in [6, 6.07) is 25.8. The Morgan fingerprint density at radius 1 is 0.737 bits per heavy atom. The summed E-state index contributed by atoms with van der Waals surface area (Å²) in [5.74, 6) is -2.38. The Morgan fingerprint density at radius 3 is 1.76 bits per heavy atom. The van der Waals surface area contributed by atoms with Crippen LogP contribution in [0, 0.1) is 11.8 Å². The molecule has 196 valence electrons. The molecular formula is C30H28O8. The van der Waals surface area contributed by atoms with E-state index in [0.717, 1.165) is 0 Å². The number of ether oxygens (including phenoxy) is 4. The first-order chi connectivity index (χ1) is 18.5. The van der Waals surface area contributed by atoms with Gasteiger partial charge >= 0.3 is 17.9 Å². The first kappa shape index (κ1) is 25.6. The number of rotatable bonds is 10. The molecule has 38 heavy (non-hydrogen) atoms. The maximum absolute atomic E-state index is 12.9. The number of benzene rings is 3. The maximum atomic E-state index is 12.9. The average molecular weight is 517 g/mol. The second-order valence-electron chi connectivity index (χ2n) is 9.42. The lowest BCUT2D eigenvalue weighted by molar-refractivity contribution is -0.0391. The van der Waals surface area contributed by atoms with Crippen molar-refractivity contribution in [3.8, 4) is 0 Å². The minimum Gasteiger partial charge on any atom is -0.462 e. The van der Waals surface area contributed by atoms with Crippen molar-refractivity contribution in [2.24, 2.45) is 11.8 Å². The van der Waals surface area contributed by atoms with Crippen molar-refractivity contribution in [1.82, 2.24) is 0 Å². The average Bonchev–Trinajstić information content (AvgIpc) is 3.64. The van der Waals surface area contributed by atoms with Gasteiger partial charge in [-0.25, -0.2) is 14.4 Å². The van der Waals surface area contributed by atoms with Gasteiger partial charge in [0.1, 0.15) is 24.4 Å².